The van der Waals surface area contributed by atoms with Gasteiger partial charge in [0.15, 0.2) is 11.3 Å². The molecule has 1 aromatic heterocycles. The number of ether oxygens (including phenoxy) is 1. The van der Waals surface area contributed by atoms with E-state index in [4.69, 9.17) is 37.5 Å². The van der Waals surface area contributed by atoms with Gasteiger partial charge < -0.3 is 14.3 Å². The second kappa shape index (κ2) is 8.22. The van der Waals surface area contributed by atoms with Gasteiger partial charge in [-0.05, 0) is 29.8 Å². The SMILES string of the molecule is O=C(O)c1ccc(COc2c(-c3ccccc3)oc3c(Cl)cc(Cl)cc3c2=O)cc1. The Balaban J connectivity index is 1.81. The Labute approximate surface area is 181 Å². The maximum absolute atomic E-state index is 13.2. The number of hydrogen-bond donors (Lipinski definition) is 1. The lowest BCUT2D eigenvalue weighted by Gasteiger charge is -2.13. The van der Waals surface area contributed by atoms with E-state index in [0.29, 0.717) is 16.1 Å². The summed E-state index contributed by atoms with van der Waals surface area (Å²) in [7, 11) is 0. The molecule has 0 spiro atoms. The van der Waals surface area contributed by atoms with E-state index in [1.807, 2.05) is 18.2 Å². The Morgan fingerprint density at radius 2 is 1.70 bits per heavy atom. The summed E-state index contributed by atoms with van der Waals surface area (Å²) in [5.41, 5.74) is 1.34. The van der Waals surface area contributed by atoms with Gasteiger partial charge in [-0.15, -0.1) is 0 Å². The third kappa shape index (κ3) is 3.90. The van der Waals surface area contributed by atoms with Gasteiger partial charge in [-0.3, -0.25) is 4.79 Å². The smallest absolute Gasteiger partial charge is 0.335 e. The van der Waals surface area contributed by atoms with E-state index in [1.165, 1.54) is 24.3 Å². The summed E-state index contributed by atoms with van der Waals surface area (Å²) in [5.74, 6) is -0.744. The van der Waals surface area contributed by atoms with Crippen molar-refractivity contribution in [2.75, 3.05) is 0 Å². The Hall–Kier alpha value is -3.28. The van der Waals surface area contributed by atoms with Crippen molar-refractivity contribution in [1.29, 1.82) is 0 Å². The zero-order chi connectivity index (χ0) is 21.3. The minimum Gasteiger partial charge on any atom is -0.481 e. The number of aromatic carboxylic acids is 1. The minimum absolute atomic E-state index is 0.0225. The fourth-order valence-corrected chi connectivity index (χ4v) is 3.55. The number of carbonyl (C=O) groups is 1. The van der Waals surface area contributed by atoms with E-state index < -0.39 is 11.4 Å². The number of carboxylic acid groups (broad SMARTS) is 1. The molecule has 0 unspecified atom stereocenters. The monoisotopic (exact) mass is 440 g/mol. The fourth-order valence-electron chi connectivity index (χ4n) is 3.02. The minimum atomic E-state index is -1.02. The molecule has 0 amide bonds. The van der Waals surface area contributed by atoms with Crippen LogP contribution in [0.2, 0.25) is 10.0 Å². The number of rotatable bonds is 5. The van der Waals surface area contributed by atoms with E-state index in [0.717, 1.165) is 0 Å². The maximum Gasteiger partial charge on any atom is 0.335 e. The zero-order valence-corrected chi connectivity index (χ0v) is 16.9. The Morgan fingerprint density at radius 1 is 1.00 bits per heavy atom. The summed E-state index contributed by atoms with van der Waals surface area (Å²) in [6.07, 6.45) is 0. The van der Waals surface area contributed by atoms with E-state index in [9.17, 15) is 9.59 Å². The molecular weight excluding hydrogens is 427 g/mol. The van der Waals surface area contributed by atoms with Crippen LogP contribution in [-0.2, 0) is 6.61 Å². The maximum atomic E-state index is 13.2. The van der Waals surface area contributed by atoms with Crippen LogP contribution in [-0.4, -0.2) is 11.1 Å². The number of hydrogen-bond acceptors (Lipinski definition) is 4. The van der Waals surface area contributed by atoms with Crippen LogP contribution in [0.3, 0.4) is 0 Å². The number of benzene rings is 3. The molecule has 0 aliphatic rings. The van der Waals surface area contributed by atoms with Crippen LogP contribution < -0.4 is 10.2 Å². The van der Waals surface area contributed by atoms with Crippen LogP contribution in [0, 0.1) is 0 Å². The van der Waals surface area contributed by atoms with Crippen molar-refractivity contribution in [2.45, 2.75) is 6.61 Å². The van der Waals surface area contributed by atoms with Gasteiger partial charge in [0.2, 0.25) is 11.2 Å². The van der Waals surface area contributed by atoms with Crippen LogP contribution in [0.1, 0.15) is 15.9 Å². The highest BCUT2D eigenvalue weighted by Crippen LogP contribution is 2.35. The Bertz CT molecular complexity index is 1300. The second-order valence-corrected chi connectivity index (χ2v) is 7.35. The molecule has 0 bridgehead atoms. The molecule has 1 heterocycles. The summed E-state index contributed by atoms with van der Waals surface area (Å²) in [4.78, 5) is 24.2. The van der Waals surface area contributed by atoms with E-state index >= 15 is 0 Å². The van der Waals surface area contributed by atoms with Gasteiger partial charge in [0.05, 0.1) is 16.0 Å². The molecule has 150 valence electrons. The highest BCUT2D eigenvalue weighted by molar-refractivity contribution is 6.38. The molecule has 0 radical (unpaired) electrons. The molecule has 7 heteroatoms. The molecular formula is C23H14Cl2O5. The van der Waals surface area contributed by atoms with Gasteiger partial charge in [-0.25, -0.2) is 4.79 Å². The predicted octanol–water partition coefficient (Wildman–Crippen LogP) is 6.04. The highest BCUT2D eigenvalue weighted by Gasteiger charge is 2.20. The molecule has 4 rings (SSSR count). The zero-order valence-electron chi connectivity index (χ0n) is 15.4. The van der Waals surface area contributed by atoms with Crippen LogP contribution in [0.15, 0.2) is 75.9 Å². The standard InChI is InChI=1S/C23H14Cl2O5/c24-16-10-17-19(26)22(29-12-13-6-8-15(9-7-13)23(27)28)20(14-4-2-1-3-5-14)30-21(17)18(25)11-16/h1-11H,12H2,(H,27,28). The molecule has 3 aromatic carbocycles. The first-order chi connectivity index (χ1) is 14.4. The van der Waals surface area contributed by atoms with Crippen LogP contribution >= 0.6 is 23.2 Å². The van der Waals surface area contributed by atoms with Crippen LogP contribution in [0.4, 0.5) is 0 Å². The lowest BCUT2D eigenvalue weighted by atomic mass is 10.1. The first-order valence-electron chi connectivity index (χ1n) is 8.90. The molecule has 0 aliphatic heterocycles. The van der Waals surface area contributed by atoms with E-state index in [-0.39, 0.29) is 39.7 Å². The van der Waals surface area contributed by atoms with Crippen molar-refractivity contribution >= 4 is 40.1 Å². The van der Waals surface area contributed by atoms with E-state index in [1.54, 1.807) is 24.3 Å². The summed E-state index contributed by atoms with van der Waals surface area (Å²) < 4.78 is 11.8. The Morgan fingerprint density at radius 3 is 2.37 bits per heavy atom. The third-order valence-corrected chi connectivity index (χ3v) is 4.99. The first kappa shape index (κ1) is 20.0. The molecule has 0 atom stereocenters. The largest absolute Gasteiger partial charge is 0.481 e. The van der Waals surface area contributed by atoms with Crippen molar-refractivity contribution in [3.8, 4) is 17.1 Å². The number of carboxylic acids is 1. The number of halogens is 2. The van der Waals surface area contributed by atoms with Crippen LogP contribution in [0.25, 0.3) is 22.3 Å². The predicted molar refractivity (Wildman–Crippen MR) is 116 cm³/mol. The average molecular weight is 441 g/mol. The summed E-state index contributed by atoms with van der Waals surface area (Å²) in [6, 6.07) is 18.3. The van der Waals surface area contributed by atoms with E-state index in [2.05, 4.69) is 0 Å². The first-order valence-corrected chi connectivity index (χ1v) is 9.66. The fraction of sp³-hybridized carbons (Fsp3) is 0.0435. The van der Waals surface area contributed by atoms with Gasteiger partial charge in [0.1, 0.15) is 6.61 Å². The van der Waals surface area contributed by atoms with Crippen LogP contribution in [0.5, 0.6) is 5.75 Å². The summed E-state index contributed by atoms with van der Waals surface area (Å²) in [5, 5.41) is 9.77. The van der Waals surface area contributed by atoms with Gasteiger partial charge >= 0.3 is 5.97 Å². The molecule has 1 N–H and O–H groups in total. The van der Waals surface area contributed by atoms with Crippen molar-refractivity contribution < 1.29 is 19.1 Å². The molecule has 0 aliphatic carbocycles. The molecule has 30 heavy (non-hydrogen) atoms. The topological polar surface area (TPSA) is 76.7 Å². The van der Waals surface area contributed by atoms with Gasteiger partial charge in [0.25, 0.3) is 0 Å². The van der Waals surface area contributed by atoms with Crippen molar-refractivity contribution in [3.63, 3.8) is 0 Å². The molecule has 0 fully saturated rings. The third-order valence-electron chi connectivity index (χ3n) is 4.49. The summed E-state index contributed by atoms with van der Waals surface area (Å²) >= 11 is 12.3. The van der Waals surface area contributed by atoms with Crippen molar-refractivity contribution in [2.24, 2.45) is 0 Å². The average Bonchev–Trinajstić information content (AvgIpc) is 2.74. The number of fused-ring (bicyclic) bond motifs is 1. The molecule has 4 aromatic rings. The van der Waals surface area contributed by atoms with Crippen molar-refractivity contribution in [1.82, 2.24) is 0 Å². The Kier molecular flexibility index (Phi) is 5.48. The molecule has 5 nitrogen and oxygen atoms in total. The lowest BCUT2D eigenvalue weighted by molar-refractivity contribution is 0.0697. The summed E-state index contributed by atoms with van der Waals surface area (Å²) in [6.45, 7) is 0.0459. The normalized spacial score (nSPS) is 10.9. The van der Waals surface area contributed by atoms with Gasteiger partial charge in [0, 0.05) is 10.6 Å². The lowest BCUT2D eigenvalue weighted by Crippen LogP contribution is -2.10. The quantitative estimate of drug-likeness (QED) is 0.408. The van der Waals surface area contributed by atoms with Gasteiger partial charge in [-0.2, -0.15) is 0 Å². The van der Waals surface area contributed by atoms with Gasteiger partial charge in [-0.1, -0.05) is 65.7 Å². The molecule has 0 saturated carbocycles. The second-order valence-electron chi connectivity index (χ2n) is 6.51. The molecule has 0 saturated heterocycles. The highest BCUT2D eigenvalue weighted by atomic mass is 35.5. The van der Waals surface area contributed by atoms with Crippen molar-refractivity contribution in [3.05, 3.63) is 98.1 Å².